The molecule has 0 aliphatic rings. The highest BCUT2D eigenvalue weighted by atomic mass is 35.5. The molecule has 54 valence electrons. The summed E-state index contributed by atoms with van der Waals surface area (Å²) in [4.78, 5) is 18.4. The first-order chi connectivity index (χ1) is 4.00. The predicted octanol–water partition coefficient (Wildman–Crippen LogP) is 1.08. The van der Waals surface area contributed by atoms with E-state index < -0.39 is 5.43 Å². The monoisotopic (exact) mass is 154 g/mol. The fraction of sp³-hybridized carbons (Fsp3) is 0.500. The number of hydrogen-bond acceptors (Lipinski definition) is 3. The van der Waals surface area contributed by atoms with Crippen LogP contribution in [-0.4, -0.2) is 23.6 Å². The summed E-state index contributed by atoms with van der Waals surface area (Å²) in [6, 6.07) is 0. The van der Waals surface area contributed by atoms with E-state index in [-0.39, 0.29) is 5.97 Å². The van der Waals surface area contributed by atoms with Gasteiger partial charge in [-0.05, 0) is 0 Å². The molecule has 0 radical (unpaired) electrons. The minimum Gasteiger partial charge on any atom is -0.469 e. The van der Waals surface area contributed by atoms with Gasteiger partial charge in [0.05, 0.1) is 7.11 Å². The van der Waals surface area contributed by atoms with Crippen molar-refractivity contribution in [2.75, 3.05) is 7.11 Å². The highest BCUT2D eigenvalue weighted by molar-refractivity contribution is 6.60. The van der Waals surface area contributed by atoms with Crippen LogP contribution < -0.4 is 0 Å². The summed E-state index contributed by atoms with van der Waals surface area (Å²) >= 11 is 4.19. The normalized spacial score (nSPS) is 6.56. The van der Waals surface area contributed by atoms with Crippen LogP contribution in [0, 0.1) is 0 Å². The smallest absolute Gasteiger partial charge is 0.401 e. The van der Waals surface area contributed by atoms with Gasteiger partial charge in [-0.15, -0.1) is 0 Å². The summed E-state index contributed by atoms with van der Waals surface area (Å²) < 4.78 is 4.11. The molecule has 0 amide bonds. The van der Waals surface area contributed by atoms with Gasteiger partial charge in [-0.2, -0.15) is 0 Å². The SMILES string of the molecule is COC(C)=O.O=C(O)Cl. The molecule has 0 rings (SSSR count). The Hall–Kier alpha value is -0.770. The van der Waals surface area contributed by atoms with E-state index in [9.17, 15) is 4.79 Å². The van der Waals surface area contributed by atoms with Gasteiger partial charge in [0.25, 0.3) is 0 Å². The van der Waals surface area contributed by atoms with Crippen LogP contribution in [0.5, 0.6) is 0 Å². The van der Waals surface area contributed by atoms with Gasteiger partial charge in [-0.25, -0.2) is 4.79 Å². The number of rotatable bonds is 0. The Bertz CT molecular complexity index is 96.7. The molecule has 0 saturated heterocycles. The van der Waals surface area contributed by atoms with Crippen molar-refractivity contribution in [3.63, 3.8) is 0 Å². The second-order valence-electron chi connectivity index (χ2n) is 0.949. The zero-order chi connectivity index (χ0) is 7.86. The lowest BCUT2D eigenvalue weighted by molar-refractivity contribution is -0.137. The fourth-order valence-corrected chi connectivity index (χ4v) is 0. The minimum absolute atomic E-state index is 0.245. The van der Waals surface area contributed by atoms with Crippen molar-refractivity contribution in [3.8, 4) is 0 Å². The van der Waals surface area contributed by atoms with Gasteiger partial charge in [0.1, 0.15) is 0 Å². The maximum Gasteiger partial charge on any atom is 0.401 e. The van der Waals surface area contributed by atoms with Crippen molar-refractivity contribution >= 4 is 23.0 Å². The summed E-state index contributed by atoms with van der Waals surface area (Å²) in [6.07, 6.45) is 0. The van der Waals surface area contributed by atoms with Gasteiger partial charge in [-0.1, -0.05) is 0 Å². The number of hydrogen-bond donors (Lipinski definition) is 1. The Morgan fingerprint density at radius 3 is 1.67 bits per heavy atom. The van der Waals surface area contributed by atoms with Crippen molar-refractivity contribution in [3.05, 3.63) is 0 Å². The molecule has 0 fully saturated rings. The molecule has 0 spiro atoms. The Morgan fingerprint density at radius 2 is 1.67 bits per heavy atom. The number of methoxy groups -OCH3 is 1. The second-order valence-corrected chi connectivity index (χ2v) is 1.27. The molecular weight excluding hydrogens is 147 g/mol. The highest BCUT2D eigenvalue weighted by Crippen LogP contribution is 1.67. The number of carbonyl (C=O) groups excluding carboxylic acids is 1. The van der Waals surface area contributed by atoms with Crippen LogP contribution in [0.4, 0.5) is 4.79 Å². The number of carbonyl (C=O) groups is 2. The number of esters is 1. The molecule has 0 atom stereocenters. The molecule has 5 heteroatoms. The maximum atomic E-state index is 9.59. The molecule has 4 nitrogen and oxygen atoms in total. The van der Waals surface area contributed by atoms with E-state index in [0.717, 1.165) is 0 Å². The Labute approximate surface area is 57.4 Å². The lowest BCUT2D eigenvalue weighted by Crippen LogP contribution is -1.88. The van der Waals surface area contributed by atoms with Crippen molar-refractivity contribution in [2.45, 2.75) is 6.92 Å². The van der Waals surface area contributed by atoms with Crippen molar-refractivity contribution in [1.29, 1.82) is 0 Å². The van der Waals surface area contributed by atoms with E-state index in [0.29, 0.717) is 0 Å². The molecule has 0 aromatic carbocycles. The predicted molar refractivity (Wildman–Crippen MR) is 31.6 cm³/mol. The van der Waals surface area contributed by atoms with Crippen molar-refractivity contribution in [2.24, 2.45) is 0 Å². The molecule has 0 heterocycles. The molecule has 1 N–H and O–H groups in total. The molecule has 0 aromatic rings. The third-order valence-corrected chi connectivity index (χ3v) is 0.287. The van der Waals surface area contributed by atoms with Crippen molar-refractivity contribution in [1.82, 2.24) is 0 Å². The standard InChI is InChI=1S/C3H6O2.CHClO2/c1-3(4)5-2;2-1(3)4/h1-2H3;(H,3,4). The second kappa shape index (κ2) is 7.23. The molecule has 0 aliphatic carbocycles. The lowest BCUT2D eigenvalue weighted by Gasteiger charge is -1.80. The van der Waals surface area contributed by atoms with E-state index in [2.05, 4.69) is 16.3 Å². The van der Waals surface area contributed by atoms with Crippen LogP contribution in [-0.2, 0) is 9.53 Å². The first-order valence-corrected chi connectivity index (χ1v) is 2.31. The number of carboxylic acid groups (broad SMARTS) is 1. The number of ether oxygens (including phenoxy) is 1. The highest BCUT2D eigenvalue weighted by Gasteiger charge is 1.75. The summed E-state index contributed by atoms with van der Waals surface area (Å²) in [7, 11) is 1.35. The van der Waals surface area contributed by atoms with E-state index in [1.54, 1.807) is 0 Å². The van der Waals surface area contributed by atoms with Crippen molar-refractivity contribution < 1.29 is 19.4 Å². The minimum atomic E-state index is -1.36. The molecule has 0 bridgehead atoms. The molecule has 0 saturated carbocycles. The first-order valence-electron chi connectivity index (χ1n) is 1.93. The van der Waals surface area contributed by atoms with Crippen LogP contribution in [0.1, 0.15) is 6.92 Å². The summed E-state index contributed by atoms with van der Waals surface area (Å²) in [5, 5.41) is 7.18. The van der Waals surface area contributed by atoms with Gasteiger partial charge < -0.3 is 9.84 Å². The quantitative estimate of drug-likeness (QED) is 0.419. The Balaban J connectivity index is 0. The average Bonchev–Trinajstić information content (AvgIpc) is 1.65. The summed E-state index contributed by atoms with van der Waals surface area (Å²) in [5.41, 5.74) is -1.36. The molecule has 9 heavy (non-hydrogen) atoms. The van der Waals surface area contributed by atoms with E-state index in [1.165, 1.54) is 14.0 Å². The lowest BCUT2D eigenvalue weighted by atomic mass is 10.8. The third-order valence-electron chi connectivity index (χ3n) is 0.287. The first kappa shape index (κ1) is 11.1. The molecule has 0 unspecified atom stereocenters. The van der Waals surface area contributed by atoms with Crippen LogP contribution >= 0.6 is 11.6 Å². The van der Waals surface area contributed by atoms with Gasteiger partial charge in [0.2, 0.25) is 0 Å². The zero-order valence-electron chi connectivity index (χ0n) is 5.05. The van der Waals surface area contributed by atoms with Crippen LogP contribution in [0.2, 0.25) is 0 Å². The van der Waals surface area contributed by atoms with Crippen LogP contribution in [0.15, 0.2) is 0 Å². The topological polar surface area (TPSA) is 63.6 Å². The van der Waals surface area contributed by atoms with Crippen LogP contribution in [0.3, 0.4) is 0 Å². The van der Waals surface area contributed by atoms with E-state index in [1.807, 2.05) is 0 Å². The van der Waals surface area contributed by atoms with Gasteiger partial charge in [-0.3, -0.25) is 4.79 Å². The molecule has 0 aromatic heterocycles. The van der Waals surface area contributed by atoms with Crippen LogP contribution in [0.25, 0.3) is 0 Å². The maximum absolute atomic E-state index is 9.59. The average molecular weight is 155 g/mol. The Morgan fingerprint density at radius 1 is 1.56 bits per heavy atom. The fourth-order valence-electron chi connectivity index (χ4n) is 0. The summed E-state index contributed by atoms with van der Waals surface area (Å²) in [5.74, 6) is -0.245. The Kier molecular flexibility index (Phi) is 8.90. The van der Waals surface area contributed by atoms with E-state index in [4.69, 9.17) is 9.90 Å². The largest absolute Gasteiger partial charge is 0.469 e. The summed E-state index contributed by atoms with van der Waals surface area (Å²) in [6.45, 7) is 1.36. The molecular formula is C4H7ClO4. The zero-order valence-corrected chi connectivity index (χ0v) is 5.81. The van der Waals surface area contributed by atoms with Gasteiger partial charge in [0, 0.05) is 18.5 Å². The van der Waals surface area contributed by atoms with E-state index >= 15 is 0 Å². The molecule has 0 aliphatic heterocycles. The number of halogens is 1. The van der Waals surface area contributed by atoms with Gasteiger partial charge >= 0.3 is 11.4 Å². The van der Waals surface area contributed by atoms with Gasteiger partial charge in [0.15, 0.2) is 0 Å². The third kappa shape index (κ3) is 131.